The summed E-state index contributed by atoms with van der Waals surface area (Å²) in [6.45, 7) is 0. The molecular weight excluding hydrogens is 693 g/mol. The zero-order valence-corrected chi connectivity index (χ0v) is 31.1. The zero-order chi connectivity index (χ0) is 37.8. The van der Waals surface area contributed by atoms with E-state index in [0.29, 0.717) is 0 Å². The molecule has 0 unspecified atom stereocenters. The van der Waals surface area contributed by atoms with Crippen LogP contribution in [0.5, 0.6) is 0 Å². The molecule has 0 spiro atoms. The highest BCUT2D eigenvalue weighted by molar-refractivity contribution is 6.09. The molecule has 2 heterocycles. The average Bonchev–Trinajstić information content (AvgIpc) is 3.82. The Kier molecular flexibility index (Phi) is 7.71. The third-order valence-electron chi connectivity index (χ3n) is 11.6. The monoisotopic (exact) mass is 728 g/mol. The number of hydrogen-bond donors (Lipinski definition) is 0. The number of rotatable bonds is 7. The van der Waals surface area contributed by atoms with E-state index in [9.17, 15) is 0 Å². The van der Waals surface area contributed by atoms with Crippen LogP contribution >= 0.6 is 0 Å². The van der Waals surface area contributed by atoms with Gasteiger partial charge >= 0.3 is 0 Å². The Labute approximate surface area is 331 Å². The van der Waals surface area contributed by atoms with Crippen molar-refractivity contribution in [2.45, 2.75) is 5.41 Å². The van der Waals surface area contributed by atoms with E-state index in [2.05, 4.69) is 198 Å². The highest BCUT2D eigenvalue weighted by atomic mass is 16.3. The van der Waals surface area contributed by atoms with Crippen LogP contribution in [-0.2, 0) is 5.41 Å². The van der Waals surface area contributed by atoms with Crippen LogP contribution in [0.1, 0.15) is 22.3 Å². The lowest BCUT2D eigenvalue weighted by Crippen LogP contribution is -2.28. The van der Waals surface area contributed by atoms with Crippen molar-refractivity contribution in [1.29, 1.82) is 0 Å². The van der Waals surface area contributed by atoms with Gasteiger partial charge in [0.25, 0.3) is 0 Å². The minimum atomic E-state index is -0.457. The molecule has 0 amide bonds. The molecule has 2 aromatic heterocycles. The van der Waals surface area contributed by atoms with E-state index in [1.165, 1.54) is 33.4 Å². The molecule has 11 rings (SSSR count). The maximum absolute atomic E-state index is 6.42. The lowest BCUT2D eigenvalue weighted by Gasteiger charge is -2.34. The van der Waals surface area contributed by atoms with E-state index in [0.717, 1.165) is 61.4 Å². The molecule has 0 aliphatic heterocycles. The van der Waals surface area contributed by atoms with Gasteiger partial charge in [0.05, 0.1) is 11.1 Å². The Balaban J connectivity index is 1.04. The summed E-state index contributed by atoms with van der Waals surface area (Å²) >= 11 is 0. The molecule has 268 valence electrons. The molecule has 1 aliphatic rings. The number of benzene rings is 8. The minimum Gasteiger partial charge on any atom is -0.455 e. The maximum atomic E-state index is 6.42. The summed E-state index contributed by atoms with van der Waals surface area (Å²) in [4.78, 5) is 6.94. The highest BCUT2D eigenvalue weighted by Gasteiger charge is 2.45. The number of pyridine rings is 1. The Morgan fingerprint density at radius 1 is 0.386 bits per heavy atom. The number of fused-ring (bicyclic) bond motifs is 6. The summed E-state index contributed by atoms with van der Waals surface area (Å²) in [5.41, 5.74) is 16.4. The van der Waals surface area contributed by atoms with Gasteiger partial charge in [0.2, 0.25) is 0 Å². The number of nitrogens with zero attached hydrogens (tertiary/aromatic N) is 2. The lowest BCUT2D eigenvalue weighted by atomic mass is 9.68. The van der Waals surface area contributed by atoms with Crippen molar-refractivity contribution in [2.24, 2.45) is 0 Å². The summed E-state index contributed by atoms with van der Waals surface area (Å²) in [6.07, 6.45) is 1.84. The molecule has 0 radical (unpaired) electrons. The summed E-state index contributed by atoms with van der Waals surface area (Å²) in [6, 6.07) is 76.2. The fourth-order valence-electron chi connectivity index (χ4n) is 9.10. The van der Waals surface area contributed by atoms with Crippen LogP contribution < -0.4 is 4.90 Å². The normalized spacial score (nSPS) is 12.7. The van der Waals surface area contributed by atoms with Crippen LogP contribution in [0.25, 0.3) is 55.4 Å². The summed E-state index contributed by atoms with van der Waals surface area (Å²) in [5.74, 6) is 0. The molecule has 0 atom stereocenters. The number of para-hydroxylation sites is 2. The SMILES string of the molecule is c1ccc(C2(c3ccc(N(c4ccc(-c5ccccn5)cc4)c4ccc(-c5cccc6c5oc5ccccc56)cc4)cc3)c3ccccc3-c3ccccc32)cc1. The second kappa shape index (κ2) is 13.4. The van der Waals surface area contributed by atoms with Crippen molar-refractivity contribution in [1.82, 2.24) is 4.98 Å². The Hall–Kier alpha value is -7.49. The van der Waals surface area contributed by atoms with E-state index in [4.69, 9.17) is 4.42 Å². The molecule has 0 saturated heterocycles. The minimum absolute atomic E-state index is 0.457. The molecular formula is C54H36N2O. The first-order chi connectivity index (χ1) is 28.3. The summed E-state index contributed by atoms with van der Waals surface area (Å²) < 4.78 is 6.42. The van der Waals surface area contributed by atoms with Crippen molar-refractivity contribution in [3.63, 3.8) is 0 Å². The van der Waals surface area contributed by atoms with Gasteiger partial charge in [-0.25, -0.2) is 0 Å². The second-order valence-corrected chi connectivity index (χ2v) is 14.7. The van der Waals surface area contributed by atoms with E-state index in [1.54, 1.807) is 0 Å². The van der Waals surface area contributed by atoms with Gasteiger partial charge in [-0.2, -0.15) is 0 Å². The first kappa shape index (κ1) is 32.9. The smallest absolute Gasteiger partial charge is 0.143 e. The van der Waals surface area contributed by atoms with Crippen molar-refractivity contribution in [3.8, 4) is 33.5 Å². The average molecular weight is 729 g/mol. The third-order valence-corrected chi connectivity index (χ3v) is 11.6. The topological polar surface area (TPSA) is 29.3 Å². The van der Waals surface area contributed by atoms with Gasteiger partial charge < -0.3 is 9.32 Å². The van der Waals surface area contributed by atoms with Gasteiger partial charge in [0, 0.05) is 45.2 Å². The summed E-state index contributed by atoms with van der Waals surface area (Å²) in [7, 11) is 0. The van der Waals surface area contributed by atoms with Crippen LogP contribution in [0.2, 0.25) is 0 Å². The Bertz CT molecular complexity index is 2990. The molecule has 1 aliphatic carbocycles. The van der Waals surface area contributed by atoms with Crippen LogP contribution in [0, 0.1) is 0 Å². The molecule has 57 heavy (non-hydrogen) atoms. The van der Waals surface area contributed by atoms with Crippen LogP contribution in [0.15, 0.2) is 223 Å². The highest BCUT2D eigenvalue weighted by Crippen LogP contribution is 2.56. The van der Waals surface area contributed by atoms with Crippen LogP contribution in [-0.4, -0.2) is 4.98 Å². The van der Waals surface area contributed by atoms with Gasteiger partial charge in [-0.15, -0.1) is 0 Å². The number of furan rings is 1. The van der Waals surface area contributed by atoms with Crippen LogP contribution in [0.3, 0.4) is 0 Å². The quantitative estimate of drug-likeness (QED) is 0.164. The van der Waals surface area contributed by atoms with Gasteiger partial charge in [0.1, 0.15) is 11.2 Å². The van der Waals surface area contributed by atoms with E-state index in [1.807, 2.05) is 30.5 Å². The van der Waals surface area contributed by atoms with Crippen LogP contribution in [0.4, 0.5) is 17.1 Å². The third kappa shape index (κ3) is 5.24. The molecule has 0 fully saturated rings. The fraction of sp³-hybridized carbons (Fsp3) is 0.0185. The van der Waals surface area contributed by atoms with Crippen molar-refractivity contribution in [2.75, 3.05) is 4.90 Å². The van der Waals surface area contributed by atoms with Gasteiger partial charge in [-0.1, -0.05) is 158 Å². The van der Waals surface area contributed by atoms with Gasteiger partial charge in [0.15, 0.2) is 0 Å². The van der Waals surface area contributed by atoms with E-state index < -0.39 is 5.41 Å². The van der Waals surface area contributed by atoms with Gasteiger partial charge in [-0.3, -0.25) is 4.98 Å². The number of aromatic nitrogens is 1. The summed E-state index contributed by atoms with van der Waals surface area (Å²) in [5, 5.41) is 2.26. The Morgan fingerprint density at radius 2 is 0.912 bits per heavy atom. The lowest BCUT2D eigenvalue weighted by molar-refractivity contribution is 0.670. The van der Waals surface area contributed by atoms with E-state index >= 15 is 0 Å². The second-order valence-electron chi connectivity index (χ2n) is 14.7. The molecule has 3 heteroatoms. The predicted octanol–water partition coefficient (Wildman–Crippen LogP) is 14.1. The largest absolute Gasteiger partial charge is 0.455 e. The number of hydrogen-bond acceptors (Lipinski definition) is 3. The van der Waals surface area contributed by atoms with Gasteiger partial charge in [-0.05, 0) is 93.5 Å². The molecule has 0 N–H and O–H groups in total. The molecule has 3 nitrogen and oxygen atoms in total. The fourth-order valence-corrected chi connectivity index (χ4v) is 9.10. The Morgan fingerprint density at radius 3 is 1.58 bits per heavy atom. The van der Waals surface area contributed by atoms with Crippen molar-refractivity contribution >= 4 is 39.0 Å². The van der Waals surface area contributed by atoms with Crippen molar-refractivity contribution < 1.29 is 4.42 Å². The van der Waals surface area contributed by atoms with Crippen molar-refractivity contribution in [3.05, 3.63) is 241 Å². The molecule has 0 saturated carbocycles. The first-order valence-corrected chi connectivity index (χ1v) is 19.5. The van der Waals surface area contributed by atoms with E-state index in [-0.39, 0.29) is 0 Å². The molecule has 0 bridgehead atoms. The number of anilines is 3. The molecule has 8 aromatic carbocycles. The standard InChI is InChI=1S/C54H36N2O/c1-2-13-39(14-3-1)54(49-20-7-4-15-45(49)46-16-5-8-21-50(46)54)40-28-34-43(35-29-40)56(42-32-26-38(27-33-42)51-22-10-11-36-55-51)41-30-24-37(25-31-41)44-18-12-19-48-47-17-6-9-23-52(47)57-53(44)48/h1-36H. The maximum Gasteiger partial charge on any atom is 0.143 e. The molecule has 10 aromatic rings. The predicted molar refractivity (Wildman–Crippen MR) is 234 cm³/mol. The first-order valence-electron chi connectivity index (χ1n) is 19.5. The zero-order valence-electron chi connectivity index (χ0n) is 31.1.